The van der Waals surface area contributed by atoms with Crippen LogP contribution in [0.1, 0.15) is 72.9 Å². The lowest BCUT2D eigenvalue weighted by atomic mass is 9.88. The second-order valence-electron chi connectivity index (χ2n) is 11.2. The first-order valence-corrected chi connectivity index (χ1v) is 18.0. The van der Waals surface area contributed by atoms with Crippen molar-refractivity contribution in [3.63, 3.8) is 0 Å². The normalized spacial score (nSPS) is 17.7. The Labute approximate surface area is 265 Å². The quantitative estimate of drug-likeness (QED) is 0.116. The van der Waals surface area contributed by atoms with Crippen molar-refractivity contribution in [1.82, 2.24) is 4.57 Å². The predicted octanol–water partition coefficient (Wildman–Crippen LogP) is 6.61. The molecule has 1 atom stereocenters. The maximum Gasteiger partial charge on any atom is 0.524 e. The van der Waals surface area contributed by atoms with Crippen LogP contribution in [0.25, 0.3) is 11.1 Å². The van der Waals surface area contributed by atoms with Gasteiger partial charge in [-0.15, -0.1) is 0 Å². The highest BCUT2D eigenvalue weighted by atomic mass is 35.5. The average Bonchev–Trinajstić information content (AvgIpc) is 3.19. The van der Waals surface area contributed by atoms with Gasteiger partial charge in [0.05, 0.1) is 16.7 Å². The molecule has 1 aromatic heterocycles. The van der Waals surface area contributed by atoms with Crippen LogP contribution in [0.2, 0.25) is 10.0 Å². The third kappa shape index (κ3) is 8.75. The van der Waals surface area contributed by atoms with Crippen LogP contribution in [0.3, 0.4) is 0 Å². The Morgan fingerprint density at radius 2 is 1.68 bits per heavy atom. The minimum atomic E-state index is -4.88. The molecule has 0 aliphatic heterocycles. The van der Waals surface area contributed by atoms with E-state index in [0.29, 0.717) is 53.9 Å². The summed E-state index contributed by atoms with van der Waals surface area (Å²) in [5.74, 6) is -0.681. The van der Waals surface area contributed by atoms with E-state index in [1.165, 1.54) is 12.1 Å². The molecule has 4 rings (SSSR count). The van der Waals surface area contributed by atoms with Crippen molar-refractivity contribution in [2.45, 2.75) is 70.9 Å². The number of nitrogens with zero attached hydrogens (tertiary/aromatic N) is 1. The third-order valence-corrected chi connectivity index (χ3v) is 9.26. The molecule has 0 spiro atoms. The van der Waals surface area contributed by atoms with Gasteiger partial charge in [-0.1, -0.05) is 68.1 Å². The lowest BCUT2D eigenvalue weighted by Crippen LogP contribution is -2.34. The number of hydrogen-bond donors (Lipinski definition) is 5. The molecule has 1 heterocycles. The van der Waals surface area contributed by atoms with Crippen LogP contribution < -0.4 is 10.3 Å². The smallest absolute Gasteiger partial charge is 0.403 e. The van der Waals surface area contributed by atoms with E-state index < -0.39 is 27.7 Å². The number of benzene rings is 2. The van der Waals surface area contributed by atoms with Crippen LogP contribution in [0.5, 0.6) is 5.75 Å². The van der Waals surface area contributed by atoms with Crippen LogP contribution >= 0.6 is 38.8 Å². The molecule has 1 unspecified atom stereocenters. The molecule has 2 aromatic carbocycles. The van der Waals surface area contributed by atoms with Gasteiger partial charge in [-0.3, -0.25) is 19.1 Å². The van der Waals surface area contributed by atoms with Crippen molar-refractivity contribution in [2.24, 2.45) is 11.7 Å². The van der Waals surface area contributed by atoms with Crippen molar-refractivity contribution in [3.05, 3.63) is 75.0 Å². The number of carbonyl (C=O) groups is 1. The summed E-state index contributed by atoms with van der Waals surface area (Å²) in [6, 6.07) is 11.5. The van der Waals surface area contributed by atoms with Gasteiger partial charge >= 0.3 is 15.6 Å². The summed E-state index contributed by atoms with van der Waals surface area (Å²) in [7, 11) is -9.56. The molecule has 11 nitrogen and oxygen atoms in total. The summed E-state index contributed by atoms with van der Waals surface area (Å²) in [5.41, 5.74) is 9.89. The molecule has 0 saturated heterocycles. The summed E-state index contributed by atoms with van der Waals surface area (Å²) in [5, 5.41) is 0.529. The largest absolute Gasteiger partial charge is 0.524 e. The van der Waals surface area contributed by atoms with E-state index >= 15 is 0 Å². The van der Waals surface area contributed by atoms with Gasteiger partial charge in [-0.05, 0) is 73.4 Å². The molecular weight excluding hydrogens is 653 g/mol. The highest BCUT2D eigenvalue weighted by Crippen LogP contribution is 2.49. The molecule has 1 amide bonds. The van der Waals surface area contributed by atoms with E-state index in [9.17, 15) is 33.5 Å². The highest BCUT2D eigenvalue weighted by molar-refractivity contribution is 7.46. The number of hydrogen-bond acceptors (Lipinski definition) is 5. The summed E-state index contributed by atoms with van der Waals surface area (Å²) in [6.07, 6.45) is 3.34. The van der Waals surface area contributed by atoms with Crippen LogP contribution in [0, 0.1) is 5.92 Å². The summed E-state index contributed by atoms with van der Waals surface area (Å²) < 4.78 is 34.7. The highest BCUT2D eigenvalue weighted by Gasteiger charge is 2.40. The number of aryl methyl sites for hydroxylation is 1. The first kappa shape index (κ1) is 34.7. The van der Waals surface area contributed by atoms with E-state index in [-0.39, 0.29) is 28.3 Å². The van der Waals surface area contributed by atoms with E-state index in [0.717, 1.165) is 24.1 Å². The van der Waals surface area contributed by atoms with E-state index in [1.807, 2.05) is 12.1 Å². The Morgan fingerprint density at radius 3 is 2.23 bits per heavy atom. The van der Waals surface area contributed by atoms with E-state index in [2.05, 4.69) is 18.4 Å². The Kier molecular flexibility index (Phi) is 11.1. The number of carbonyl (C=O) groups excluding carboxylic acids is 1. The number of primary amides is 1. The second-order valence-corrected chi connectivity index (χ2v) is 14.4. The molecule has 15 heteroatoms. The summed E-state index contributed by atoms with van der Waals surface area (Å²) in [6.45, 7) is 4.19. The van der Waals surface area contributed by atoms with Crippen molar-refractivity contribution in [2.75, 3.05) is 0 Å². The Bertz CT molecular complexity index is 1590. The van der Waals surface area contributed by atoms with Crippen molar-refractivity contribution in [3.8, 4) is 16.9 Å². The molecule has 3 aromatic rings. The molecule has 0 bridgehead atoms. The number of rotatable bonds is 14. The first-order valence-electron chi connectivity index (χ1n) is 14.2. The number of amides is 1. The SMILES string of the molecule is CCCC(C)Cc1c(-c2ccc(OP(=O)(O)O)c(Cl)c2)c(C(N)=O)c(CCc2ccc(Cl)cc2)n1C1CC(OP(=O)(O)O)C1. The van der Waals surface area contributed by atoms with Gasteiger partial charge in [0, 0.05) is 28.0 Å². The number of aromatic nitrogens is 1. The van der Waals surface area contributed by atoms with Crippen LogP contribution in [-0.4, -0.2) is 36.2 Å². The number of phosphoric ester groups is 2. The van der Waals surface area contributed by atoms with Gasteiger partial charge in [0.25, 0.3) is 5.91 Å². The van der Waals surface area contributed by atoms with E-state index in [1.54, 1.807) is 18.2 Å². The van der Waals surface area contributed by atoms with Gasteiger partial charge in [-0.25, -0.2) is 9.13 Å². The van der Waals surface area contributed by atoms with Crippen molar-refractivity contribution in [1.29, 1.82) is 0 Å². The van der Waals surface area contributed by atoms with Gasteiger partial charge < -0.3 is 24.6 Å². The fourth-order valence-electron chi connectivity index (χ4n) is 5.88. The Morgan fingerprint density at radius 1 is 1.02 bits per heavy atom. The topological polar surface area (TPSA) is 182 Å². The monoisotopic (exact) mass is 688 g/mol. The molecule has 6 N–H and O–H groups in total. The second kappa shape index (κ2) is 14.1. The number of phosphoric acid groups is 2. The van der Waals surface area contributed by atoms with Crippen molar-refractivity contribution < 1.29 is 42.5 Å². The molecule has 240 valence electrons. The number of halogens is 2. The minimum Gasteiger partial charge on any atom is -0.403 e. The minimum absolute atomic E-state index is 0.0666. The average molecular weight is 689 g/mol. The van der Waals surface area contributed by atoms with Crippen LogP contribution in [0.15, 0.2) is 42.5 Å². The van der Waals surface area contributed by atoms with Gasteiger partial charge in [0.15, 0.2) is 0 Å². The maximum atomic E-state index is 13.3. The predicted molar refractivity (Wildman–Crippen MR) is 168 cm³/mol. The lowest BCUT2D eigenvalue weighted by Gasteiger charge is -2.38. The van der Waals surface area contributed by atoms with Crippen LogP contribution in [-0.2, 0) is 32.9 Å². The molecule has 44 heavy (non-hydrogen) atoms. The Hall–Kier alpha value is -2.17. The zero-order valence-corrected chi connectivity index (χ0v) is 27.5. The fraction of sp³-hybridized carbons (Fsp3) is 0.414. The fourth-order valence-corrected chi connectivity index (χ4v) is 7.26. The molecule has 1 saturated carbocycles. The summed E-state index contributed by atoms with van der Waals surface area (Å²) in [4.78, 5) is 50.6. The molecule has 1 aliphatic rings. The van der Waals surface area contributed by atoms with Gasteiger partial charge in [0.1, 0.15) is 5.75 Å². The maximum absolute atomic E-state index is 13.3. The molecule has 1 aliphatic carbocycles. The third-order valence-electron chi connectivity index (χ3n) is 7.70. The molecule has 0 radical (unpaired) electrons. The molecular formula is C29H36Cl2N2O9P2. The summed E-state index contributed by atoms with van der Waals surface area (Å²) >= 11 is 12.5. The van der Waals surface area contributed by atoms with Crippen LogP contribution in [0.4, 0.5) is 0 Å². The number of nitrogens with two attached hydrogens (primary N) is 1. The lowest BCUT2D eigenvalue weighted by molar-refractivity contribution is 0.0398. The van der Waals surface area contributed by atoms with Gasteiger partial charge in [0.2, 0.25) is 0 Å². The van der Waals surface area contributed by atoms with E-state index in [4.69, 9.17) is 38.0 Å². The zero-order valence-electron chi connectivity index (χ0n) is 24.2. The molecule has 1 fully saturated rings. The zero-order chi connectivity index (χ0) is 32.4. The standard InChI is InChI=1S/C29H36Cl2N2O9P2/c1-3-4-17(2)13-25-27(19-8-12-26(23(31)14-19)42-44(38,39)40)28(29(32)34)24(11-7-18-5-9-20(30)10-6-18)33(25)21-15-22(16-21)41-43(35,36)37/h5-6,8-10,12,14,17,21-22H,3-4,7,11,13,15-16H2,1-2H3,(H2,32,34)(H2,35,36,37)(H2,38,39,40). The first-order chi connectivity index (χ1) is 20.6. The van der Waals surface area contributed by atoms with Gasteiger partial charge in [-0.2, -0.15) is 0 Å². The van der Waals surface area contributed by atoms with Crippen molar-refractivity contribution >= 4 is 44.8 Å². The Balaban J connectivity index is 1.90.